The van der Waals surface area contributed by atoms with Crippen LogP contribution < -0.4 is 5.46 Å². The van der Waals surface area contributed by atoms with Crippen molar-refractivity contribution in [3.05, 3.63) is 36.0 Å². The maximum atomic E-state index is 12.8. The molecule has 1 heterocycles. The highest BCUT2D eigenvalue weighted by Gasteiger charge is 2.34. The predicted molar refractivity (Wildman–Crippen MR) is 56.6 cm³/mol. The molecule has 0 fully saturated rings. The number of benzene rings is 1. The summed E-state index contributed by atoms with van der Waals surface area (Å²) in [5.74, 6) is 0. The number of nitrogens with zero attached hydrogens (tertiary/aromatic N) is 1. The number of aromatic nitrogens is 1. The Balaban J connectivity index is 2.79. The van der Waals surface area contributed by atoms with Gasteiger partial charge in [-0.2, -0.15) is 13.2 Å². The zero-order valence-corrected chi connectivity index (χ0v) is 8.44. The number of rotatable bonds is 1. The van der Waals surface area contributed by atoms with Crippen LogP contribution in [0.4, 0.5) is 13.2 Å². The molecule has 0 atom stereocenters. The van der Waals surface area contributed by atoms with Crippen molar-refractivity contribution in [2.24, 2.45) is 0 Å². The molecule has 88 valence electrons. The van der Waals surface area contributed by atoms with E-state index in [0.29, 0.717) is 6.07 Å². The minimum atomic E-state index is -4.59. The molecule has 1 aromatic carbocycles. The third-order valence-electron chi connectivity index (χ3n) is 2.33. The van der Waals surface area contributed by atoms with Crippen molar-refractivity contribution in [1.82, 2.24) is 4.98 Å². The van der Waals surface area contributed by atoms with Crippen LogP contribution in [0.1, 0.15) is 5.56 Å². The van der Waals surface area contributed by atoms with Crippen LogP contribution in [0.2, 0.25) is 0 Å². The first-order valence-electron chi connectivity index (χ1n) is 4.71. The minimum absolute atomic E-state index is 0.204. The molecule has 0 aliphatic carbocycles. The van der Waals surface area contributed by atoms with E-state index < -0.39 is 18.9 Å². The van der Waals surface area contributed by atoms with Gasteiger partial charge in [-0.3, -0.25) is 4.98 Å². The van der Waals surface area contributed by atoms with Gasteiger partial charge in [0.1, 0.15) is 0 Å². The van der Waals surface area contributed by atoms with Crippen molar-refractivity contribution in [2.75, 3.05) is 0 Å². The molecule has 7 heteroatoms. The van der Waals surface area contributed by atoms with Gasteiger partial charge in [0.15, 0.2) is 0 Å². The Hall–Kier alpha value is -1.60. The van der Waals surface area contributed by atoms with Gasteiger partial charge in [-0.1, -0.05) is 12.1 Å². The molecule has 0 aliphatic rings. The molecule has 2 N–H and O–H groups in total. The van der Waals surface area contributed by atoms with Crippen molar-refractivity contribution in [1.29, 1.82) is 0 Å². The van der Waals surface area contributed by atoms with E-state index in [1.54, 1.807) is 0 Å². The number of halogens is 3. The maximum absolute atomic E-state index is 12.8. The van der Waals surface area contributed by atoms with Crippen molar-refractivity contribution in [3.63, 3.8) is 0 Å². The third-order valence-corrected chi connectivity index (χ3v) is 2.33. The van der Waals surface area contributed by atoms with Gasteiger partial charge in [0.25, 0.3) is 0 Å². The number of pyridine rings is 1. The van der Waals surface area contributed by atoms with Crippen molar-refractivity contribution >= 4 is 23.5 Å². The van der Waals surface area contributed by atoms with Gasteiger partial charge < -0.3 is 10.0 Å². The van der Waals surface area contributed by atoms with Gasteiger partial charge in [-0.25, -0.2) is 0 Å². The smallest absolute Gasteiger partial charge is 0.423 e. The molecule has 1 aromatic heterocycles. The van der Waals surface area contributed by atoms with Crippen molar-refractivity contribution in [2.45, 2.75) is 6.18 Å². The highest BCUT2D eigenvalue weighted by molar-refractivity contribution is 6.59. The van der Waals surface area contributed by atoms with Crippen LogP contribution in [0.15, 0.2) is 30.5 Å². The predicted octanol–water partition coefficient (Wildman–Crippen LogP) is 0.933. The second-order valence-corrected chi connectivity index (χ2v) is 3.52. The Bertz CT molecular complexity index is 557. The van der Waals surface area contributed by atoms with E-state index in [0.717, 1.165) is 0 Å². The van der Waals surface area contributed by atoms with Crippen molar-refractivity contribution < 1.29 is 23.2 Å². The van der Waals surface area contributed by atoms with Crippen LogP contribution in [-0.4, -0.2) is 22.2 Å². The Morgan fingerprint density at radius 1 is 1.18 bits per heavy atom. The fourth-order valence-electron chi connectivity index (χ4n) is 1.58. The van der Waals surface area contributed by atoms with Gasteiger partial charge in [-0.15, -0.1) is 0 Å². The zero-order chi connectivity index (χ0) is 12.6. The summed E-state index contributed by atoms with van der Waals surface area (Å²) in [5, 5.41) is 18.1. The van der Waals surface area contributed by atoms with Crippen LogP contribution in [0.25, 0.3) is 10.9 Å². The van der Waals surface area contributed by atoms with Crippen molar-refractivity contribution in [3.8, 4) is 0 Å². The summed E-state index contributed by atoms with van der Waals surface area (Å²) in [6.45, 7) is 0. The summed E-state index contributed by atoms with van der Waals surface area (Å²) in [6.07, 6.45) is -3.33. The lowest BCUT2D eigenvalue weighted by atomic mass is 9.78. The van der Waals surface area contributed by atoms with E-state index in [1.165, 1.54) is 24.4 Å². The number of alkyl halides is 3. The molecule has 17 heavy (non-hydrogen) atoms. The van der Waals surface area contributed by atoms with Gasteiger partial charge >= 0.3 is 13.3 Å². The average Bonchev–Trinajstić information content (AvgIpc) is 2.26. The summed E-state index contributed by atoms with van der Waals surface area (Å²) in [4.78, 5) is 3.66. The standard InChI is InChI=1S/C10H7BF3NO2/c12-10(13,14)8-5-7(11(16)17)4-6-2-1-3-15-9(6)8/h1-5,16-17H. The van der Waals surface area contributed by atoms with Crippen LogP contribution >= 0.6 is 0 Å². The lowest BCUT2D eigenvalue weighted by molar-refractivity contribution is -0.136. The Labute approximate surface area is 94.7 Å². The molecule has 0 unspecified atom stereocenters. The quantitative estimate of drug-likeness (QED) is 0.730. The van der Waals surface area contributed by atoms with Crippen LogP contribution in [0, 0.1) is 0 Å². The monoisotopic (exact) mass is 241 g/mol. The maximum Gasteiger partial charge on any atom is 0.488 e. The third kappa shape index (κ3) is 2.25. The highest BCUT2D eigenvalue weighted by Crippen LogP contribution is 2.33. The van der Waals surface area contributed by atoms with E-state index in [1.807, 2.05) is 0 Å². The molecule has 2 aromatic rings. The Kier molecular flexibility index (Phi) is 2.80. The molecule has 0 saturated heterocycles. The van der Waals surface area contributed by atoms with Gasteiger partial charge in [0.05, 0.1) is 11.1 Å². The lowest BCUT2D eigenvalue weighted by Gasteiger charge is -2.11. The van der Waals surface area contributed by atoms with Crippen LogP contribution in [0.5, 0.6) is 0 Å². The molecule has 3 nitrogen and oxygen atoms in total. The number of hydrogen-bond donors (Lipinski definition) is 2. The molecule has 0 amide bonds. The zero-order valence-electron chi connectivity index (χ0n) is 8.44. The van der Waals surface area contributed by atoms with Crippen LogP contribution in [0.3, 0.4) is 0 Å². The second kappa shape index (κ2) is 4.01. The number of fused-ring (bicyclic) bond motifs is 1. The SMILES string of the molecule is OB(O)c1cc(C(F)(F)F)c2ncccc2c1. The molecule has 0 aliphatic heterocycles. The topological polar surface area (TPSA) is 53.4 Å². The summed E-state index contributed by atoms with van der Waals surface area (Å²) in [7, 11) is -1.94. The summed E-state index contributed by atoms with van der Waals surface area (Å²) in [6, 6.07) is 4.88. The number of hydrogen-bond acceptors (Lipinski definition) is 3. The lowest BCUT2D eigenvalue weighted by Crippen LogP contribution is -2.31. The normalized spacial score (nSPS) is 11.8. The summed E-state index contributed by atoms with van der Waals surface area (Å²) >= 11 is 0. The highest BCUT2D eigenvalue weighted by atomic mass is 19.4. The molecular formula is C10H7BF3NO2. The van der Waals surface area contributed by atoms with Gasteiger partial charge in [0, 0.05) is 11.6 Å². The molecular weight excluding hydrogens is 234 g/mol. The van der Waals surface area contributed by atoms with Gasteiger partial charge in [-0.05, 0) is 17.6 Å². The second-order valence-electron chi connectivity index (χ2n) is 3.52. The fraction of sp³-hybridized carbons (Fsp3) is 0.100. The molecule has 2 rings (SSSR count). The Morgan fingerprint density at radius 3 is 2.47 bits per heavy atom. The van der Waals surface area contributed by atoms with E-state index in [9.17, 15) is 13.2 Å². The molecule has 0 bridgehead atoms. The average molecular weight is 241 g/mol. The van der Waals surface area contributed by atoms with Gasteiger partial charge in [0.2, 0.25) is 0 Å². The van der Waals surface area contributed by atoms with E-state index in [2.05, 4.69) is 4.98 Å². The van der Waals surface area contributed by atoms with E-state index >= 15 is 0 Å². The van der Waals surface area contributed by atoms with E-state index in [4.69, 9.17) is 10.0 Å². The summed E-state index contributed by atoms with van der Waals surface area (Å²) < 4.78 is 38.3. The fourth-order valence-corrected chi connectivity index (χ4v) is 1.58. The molecule has 0 saturated carbocycles. The van der Waals surface area contributed by atoms with Crippen LogP contribution in [-0.2, 0) is 6.18 Å². The first-order chi connectivity index (χ1) is 7.89. The Morgan fingerprint density at radius 2 is 1.88 bits per heavy atom. The minimum Gasteiger partial charge on any atom is -0.423 e. The summed E-state index contributed by atoms with van der Waals surface area (Å²) in [5.41, 5.74) is -1.39. The molecule has 0 radical (unpaired) electrons. The first-order valence-corrected chi connectivity index (χ1v) is 4.71. The van der Waals surface area contributed by atoms with E-state index in [-0.39, 0.29) is 16.4 Å². The molecule has 0 spiro atoms. The first kappa shape index (κ1) is 11.9. The largest absolute Gasteiger partial charge is 0.488 e.